The van der Waals surface area contributed by atoms with Crippen LogP contribution < -0.4 is 10.6 Å². The van der Waals surface area contributed by atoms with Crippen molar-refractivity contribution in [1.82, 2.24) is 24.8 Å². The first-order chi connectivity index (χ1) is 9.56. The van der Waals surface area contributed by atoms with E-state index in [9.17, 15) is 4.79 Å². The van der Waals surface area contributed by atoms with E-state index in [1.807, 2.05) is 43.8 Å². The van der Waals surface area contributed by atoms with Crippen molar-refractivity contribution in [1.29, 1.82) is 0 Å². The number of hydrogen-bond donors (Lipinski definition) is 2. The molecular weight excluding hydrogens is 254 g/mol. The lowest BCUT2D eigenvalue weighted by molar-refractivity contribution is 0.236. The van der Waals surface area contributed by atoms with Crippen molar-refractivity contribution in [3.05, 3.63) is 42.2 Å². The minimum Gasteiger partial charge on any atom is -0.350 e. The molecule has 6 heteroatoms. The highest BCUT2D eigenvalue weighted by Crippen LogP contribution is 2.04. The van der Waals surface area contributed by atoms with Crippen LogP contribution in [0.25, 0.3) is 0 Å². The molecule has 0 fully saturated rings. The first kappa shape index (κ1) is 14.2. The molecule has 1 atom stereocenters. The van der Waals surface area contributed by atoms with E-state index in [1.165, 1.54) is 5.69 Å². The molecule has 2 amide bonds. The fraction of sp³-hybridized carbons (Fsp3) is 0.429. The SMILES string of the molecule is Cc1ccc(CNC(=O)N[C@@H](C)Cn2ccnc2)n1C. The predicted molar refractivity (Wildman–Crippen MR) is 77.2 cm³/mol. The Bertz CT molecular complexity index is 558. The van der Waals surface area contributed by atoms with Gasteiger partial charge in [-0.3, -0.25) is 0 Å². The molecule has 0 saturated carbocycles. The molecule has 0 bridgehead atoms. The Morgan fingerprint density at radius 1 is 1.45 bits per heavy atom. The standard InChI is InChI=1S/C14H21N5O/c1-11(9-19-7-6-15-10-19)17-14(20)16-8-13-5-4-12(2)18(13)3/h4-7,10-11H,8-9H2,1-3H3,(H2,16,17,20)/t11-/m0/s1. The van der Waals surface area contributed by atoms with Gasteiger partial charge in [0.25, 0.3) is 0 Å². The van der Waals surface area contributed by atoms with Crippen LogP contribution in [-0.2, 0) is 20.1 Å². The Morgan fingerprint density at radius 2 is 2.25 bits per heavy atom. The maximum Gasteiger partial charge on any atom is 0.315 e. The normalized spacial score (nSPS) is 12.2. The molecule has 2 heterocycles. The Hall–Kier alpha value is -2.24. The minimum atomic E-state index is -0.156. The number of hydrogen-bond acceptors (Lipinski definition) is 2. The number of nitrogens with one attached hydrogen (secondary N) is 2. The van der Waals surface area contributed by atoms with Gasteiger partial charge in [-0.15, -0.1) is 0 Å². The molecule has 0 spiro atoms. The molecular formula is C14H21N5O. The summed E-state index contributed by atoms with van der Waals surface area (Å²) in [7, 11) is 1.99. The number of urea groups is 1. The zero-order valence-corrected chi connectivity index (χ0v) is 12.1. The quantitative estimate of drug-likeness (QED) is 0.866. The third-order valence-corrected chi connectivity index (χ3v) is 3.33. The van der Waals surface area contributed by atoms with E-state index in [4.69, 9.17) is 0 Å². The van der Waals surface area contributed by atoms with Gasteiger partial charge >= 0.3 is 6.03 Å². The molecule has 0 aliphatic rings. The van der Waals surface area contributed by atoms with E-state index >= 15 is 0 Å². The minimum absolute atomic E-state index is 0.0411. The van der Waals surface area contributed by atoms with Crippen molar-refractivity contribution in [3.8, 4) is 0 Å². The summed E-state index contributed by atoms with van der Waals surface area (Å²) in [5.74, 6) is 0. The number of amides is 2. The number of aryl methyl sites for hydroxylation is 1. The number of nitrogens with zero attached hydrogens (tertiary/aromatic N) is 3. The topological polar surface area (TPSA) is 63.9 Å². The van der Waals surface area contributed by atoms with Crippen LogP contribution in [0.15, 0.2) is 30.9 Å². The Kier molecular flexibility index (Phi) is 4.45. The maximum atomic E-state index is 11.8. The summed E-state index contributed by atoms with van der Waals surface area (Å²) in [6.07, 6.45) is 5.34. The van der Waals surface area contributed by atoms with Gasteiger partial charge in [0.05, 0.1) is 12.9 Å². The summed E-state index contributed by atoms with van der Waals surface area (Å²) >= 11 is 0. The fourth-order valence-corrected chi connectivity index (χ4v) is 2.05. The summed E-state index contributed by atoms with van der Waals surface area (Å²) < 4.78 is 4.00. The Labute approximate surface area is 118 Å². The second-order valence-corrected chi connectivity index (χ2v) is 5.01. The lowest BCUT2D eigenvalue weighted by Crippen LogP contribution is -2.42. The van der Waals surface area contributed by atoms with Gasteiger partial charge in [0.2, 0.25) is 0 Å². The van der Waals surface area contributed by atoms with E-state index in [0.717, 1.165) is 5.69 Å². The average Bonchev–Trinajstić information content (AvgIpc) is 3.00. The van der Waals surface area contributed by atoms with Crippen molar-refractivity contribution in [2.75, 3.05) is 0 Å². The highest BCUT2D eigenvalue weighted by molar-refractivity contribution is 5.74. The first-order valence-corrected chi connectivity index (χ1v) is 6.67. The summed E-state index contributed by atoms with van der Waals surface area (Å²) in [4.78, 5) is 15.8. The average molecular weight is 275 g/mol. The lowest BCUT2D eigenvalue weighted by Gasteiger charge is -2.15. The van der Waals surface area contributed by atoms with Crippen molar-refractivity contribution >= 4 is 6.03 Å². The molecule has 0 aromatic carbocycles. The molecule has 0 radical (unpaired) electrons. The van der Waals surface area contributed by atoms with E-state index in [0.29, 0.717) is 13.1 Å². The third-order valence-electron chi connectivity index (χ3n) is 3.33. The third kappa shape index (κ3) is 3.63. The molecule has 0 saturated heterocycles. The zero-order valence-electron chi connectivity index (χ0n) is 12.1. The zero-order chi connectivity index (χ0) is 14.5. The number of aromatic nitrogens is 3. The molecule has 0 aliphatic carbocycles. The first-order valence-electron chi connectivity index (χ1n) is 6.67. The lowest BCUT2D eigenvalue weighted by atomic mass is 10.3. The van der Waals surface area contributed by atoms with E-state index in [2.05, 4.69) is 20.2 Å². The van der Waals surface area contributed by atoms with Gasteiger partial charge in [0, 0.05) is 43.4 Å². The van der Waals surface area contributed by atoms with Crippen LogP contribution in [0.3, 0.4) is 0 Å². The Morgan fingerprint density at radius 3 is 2.85 bits per heavy atom. The molecule has 0 aliphatic heterocycles. The smallest absolute Gasteiger partial charge is 0.315 e. The summed E-state index contributed by atoms with van der Waals surface area (Å²) in [5.41, 5.74) is 2.26. The maximum absolute atomic E-state index is 11.8. The van der Waals surface area contributed by atoms with E-state index in [-0.39, 0.29) is 12.1 Å². The highest BCUT2D eigenvalue weighted by Gasteiger charge is 2.08. The monoisotopic (exact) mass is 275 g/mol. The number of imidazole rings is 1. The second kappa shape index (κ2) is 6.27. The van der Waals surface area contributed by atoms with Crippen LogP contribution in [0.4, 0.5) is 4.79 Å². The van der Waals surface area contributed by atoms with E-state index in [1.54, 1.807) is 12.5 Å². The van der Waals surface area contributed by atoms with Crippen molar-refractivity contribution in [2.45, 2.75) is 33.0 Å². The summed E-state index contributed by atoms with van der Waals surface area (Å²) in [6.45, 7) is 5.23. The van der Waals surface area contributed by atoms with Crippen LogP contribution in [0.5, 0.6) is 0 Å². The predicted octanol–water partition coefficient (Wildman–Crippen LogP) is 1.42. The molecule has 20 heavy (non-hydrogen) atoms. The van der Waals surface area contributed by atoms with Gasteiger partial charge < -0.3 is 19.8 Å². The van der Waals surface area contributed by atoms with Gasteiger partial charge in [-0.05, 0) is 26.0 Å². The van der Waals surface area contributed by atoms with E-state index < -0.39 is 0 Å². The number of carbonyl (C=O) groups excluding carboxylic acids is 1. The van der Waals surface area contributed by atoms with Crippen molar-refractivity contribution in [2.24, 2.45) is 7.05 Å². The van der Waals surface area contributed by atoms with Gasteiger partial charge in [0.15, 0.2) is 0 Å². The van der Waals surface area contributed by atoms with Crippen LogP contribution in [0.2, 0.25) is 0 Å². The summed E-state index contributed by atoms with van der Waals surface area (Å²) in [5, 5.41) is 5.77. The Balaban J connectivity index is 1.76. The van der Waals surface area contributed by atoms with Crippen molar-refractivity contribution in [3.63, 3.8) is 0 Å². The largest absolute Gasteiger partial charge is 0.350 e. The molecule has 6 nitrogen and oxygen atoms in total. The van der Waals surface area contributed by atoms with Crippen LogP contribution in [0, 0.1) is 6.92 Å². The molecule has 0 unspecified atom stereocenters. The van der Waals surface area contributed by atoms with Crippen LogP contribution in [0.1, 0.15) is 18.3 Å². The van der Waals surface area contributed by atoms with Gasteiger partial charge in [0.1, 0.15) is 0 Å². The molecule has 108 valence electrons. The van der Waals surface area contributed by atoms with Gasteiger partial charge in [-0.25, -0.2) is 9.78 Å². The molecule has 2 aromatic rings. The van der Waals surface area contributed by atoms with Gasteiger partial charge in [-0.1, -0.05) is 0 Å². The van der Waals surface area contributed by atoms with Crippen molar-refractivity contribution < 1.29 is 4.79 Å². The fourth-order valence-electron chi connectivity index (χ4n) is 2.05. The molecule has 2 rings (SSSR count). The highest BCUT2D eigenvalue weighted by atomic mass is 16.2. The second-order valence-electron chi connectivity index (χ2n) is 5.01. The number of rotatable bonds is 5. The molecule has 2 aromatic heterocycles. The van der Waals surface area contributed by atoms with Gasteiger partial charge in [-0.2, -0.15) is 0 Å². The van der Waals surface area contributed by atoms with Crippen LogP contribution in [-0.4, -0.2) is 26.2 Å². The molecule has 2 N–H and O–H groups in total. The van der Waals surface area contributed by atoms with Crippen LogP contribution >= 0.6 is 0 Å². The summed E-state index contributed by atoms with van der Waals surface area (Å²) in [6, 6.07) is 3.94. The number of carbonyl (C=O) groups is 1.